The smallest absolute Gasteiger partial charge is 0.257 e. The van der Waals surface area contributed by atoms with E-state index in [0.717, 1.165) is 29.7 Å². The summed E-state index contributed by atoms with van der Waals surface area (Å²) >= 11 is 0. The molecule has 1 unspecified atom stereocenters. The van der Waals surface area contributed by atoms with Crippen molar-refractivity contribution in [1.82, 2.24) is 4.57 Å². The Balaban J connectivity index is 1.78. The van der Waals surface area contributed by atoms with E-state index in [1.54, 1.807) is 0 Å². The predicted octanol–water partition coefficient (Wildman–Crippen LogP) is 3.17. The maximum absolute atomic E-state index is 10.5. The molecule has 2 aromatic carbocycles. The minimum Gasteiger partial charge on any atom is -0.491 e. The predicted molar refractivity (Wildman–Crippen MR) is 99.8 cm³/mol. The highest BCUT2D eigenvalue weighted by Gasteiger charge is 2.23. The lowest BCUT2D eigenvalue weighted by molar-refractivity contribution is -0.654. The van der Waals surface area contributed by atoms with Crippen LogP contribution in [0.2, 0.25) is 0 Å². The Hall–Kier alpha value is -2.33. The molecule has 1 aromatic heterocycles. The number of aryl methyl sites for hydroxylation is 2. The topological polar surface area (TPSA) is 38.3 Å². The molecule has 0 saturated heterocycles. The Morgan fingerprint density at radius 3 is 2.72 bits per heavy atom. The van der Waals surface area contributed by atoms with E-state index in [0.29, 0.717) is 6.54 Å². The number of aliphatic hydroxyl groups is 1. The number of aliphatic hydroxyl groups excluding tert-OH is 1. The van der Waals surface area contributed by atoms with Gasteiger partial charge in [0.05, 0.1) is 7.05 Å². The van der Waals surface area contributed by atoms with Crippen LogP contribution in [0.5, 0.6) is 5.75 Å². The van der Waals surface area contributed by atoms with Gasteiger partial charge in [-0.25, -0.2) is 9.13 Å². The van der Waals surface area contributed by atoms with E-state index < -0.39 is 6.10 Å². The molecule has 0 amide bonds. The molecule has 0 spiro atoms. The Morgan fingerprint density at radius 1 is 1.16 bits per heavy atom. The number of rotatable bonds is 7. The summed E-state index contributed by atoms with van der Waals surface area (Å²) in [5.41, 5.74) is 3.50. The summed E-state index contributed by atoms with van der Waals surface area (Å²) in [6.45, 7) is 5.03. The number of ether oxygens (including phenoxy) is 1. The summed E-state index contributed by atoms with van der Waals surface area (Å²) in [7, 11) is 2.10. The van der Waals surface area contributed by atoms with E-state index in [-0.39, 0.29) is 6.61 Å². The van der Waals surface area contributed by atoms with E-state index in [9.17, 15) is 5.11 Å². The Labute approximate surface area is 149 Å². The fourth-order valence-electron chi connectivity index (χ4n) is 3.33. The third-order valence-electron chi connectivity index (χ3n) is 4.53. The van der Waals surface area contributed by atoms with Gasteiger partial charge in [-0.15, -0.1) is 0 Å². The van der Waals surface area contributed by atoms with E-state index in [4.69, 9.17) is 4.74 Å². The van der Waals surface area contributed by atoms with Gasteiger partial charge in [0.15, 0.2) is 11.0 Å². The van der Waals surface area contributed by atoms with Crippen molar-refractivity contribution in [2.75, 3.05) is 6.61 Å². The summed E-state index contributed by atoms with van der Waals surface area (Å²) in [5, 5.41) is 10.5. The number of para-hydroxylation sites is 2. The van der Waals surface area contributed by atoms with E-state index >= 15 is 0 Å². The molecule has 0 aliphatic rings. The summed E-state index contributed by atoms with van der Waals surface area (Å²) in [6, 6.07) is 16.3. The van der Waals surface area contributed by atoms with Gasteiger partial charge in [-0.2, -0.15) is 0 Å². The number of fused-ring (bicyclic) bond motifs is 1. The number of hydrogen-bond donors (Lipinski definition) is 1. The molecule has 0 fully saturated rings. The van der Waals surface area contributed by atoms with Crippen LogP contribution in [0.25, 0.3) is 11.0 Å². The van der Waals surface area contributed by atoms with Gasteiger partial charge in [0.25, 0.3) is 5.82 Å². The van der Waals surface area contributed by atoms with Crippen LogP contribution in [0, 0.1) is 6.92 Å². The molecule has 4 nitrogen and oxygen atoms in total. The molecule has 3 rings (SSSR count). The second kappa shape index (κ2) is 7.70. The Kier molecular flexibility index (Phi) is 5.39. The fourth-order valence-corrected chi connectivity index (χ4v) is 3.33. The molecular formula is C21H27N2O2+. The van der Waals surface area contributed by atoms with Gasteiger partial charge >= 0.3 is 0 Å². The lowest BCUT2D eigenvalue weighted by atomic mass is 10.2. The van der Waals surface area contributed by atoms with Crippen molar-refractivity contribution in [3.8, 4) is 5.75 Å². The lowest BCUT2D eigenvalue weighted by Crippen LogP contribution is -2.34. The molecule has 4 heteroatoms. The van der Waals surface area contributed by atoms with Crippen LogP contribution in [0.1, 0.15) is 24.7 Å². The number of hydrogen-bond acceptors (Lipinski definition) is 2. The summed E-state index contributed by atoms with van der Waals surface area (Å²) < 4.78 is 10.2. The largest absolute Gasteiger partial charge is 0.491 e. The first kappa shape index (κ1) is 17.5. The molecule has 0 aliphatic carbocycles. The zero-order chi connectivity index (χ0) is 17.8. The Morgan fingerprint density at radius 2 is 1.96 bits per heavy atom. The maximum Gasteiger partial charge on any atom is 0.257 e. The van der Waals surface area contributed by atoms with Crippen LogP contribution in [0.3, 0.4) is 0 Å². The van der Waals surface area contributed by atoms with Crippen LogP contribution in [0.15, 0.2) is 48.5 Å². The first-order valence-electron chi connectivity index (χ1n) is 8.93. The molecule has 0 saturated carbocycles. The molecule has 0 radical (unpaired) electrons. The fraction of sp³-hybridized carbons (Fsp3) is 0.381. The highest BCUT2D eigenvalue weighted by Crippen LogP contribution is 2.17. The second-order valence-electron chi connectivity index (χ2n) is 6.61. The van der Waals surface area contributed by atoms with Crippen molar-refractivity contribution in [2.45, 2.75) is 39.3 Å². The molecule has 1 N–H and O–H groups in total. The summed E-state index contributed by atoms with van der Waals surface area (Å²) in [5.74, 6) is 2.04. The number of benzene rings is 2. The molecule has 25 heavy (non-hydrogen) atoms. The van der Waals surface area contributed by atoms with E-state index in [1.807, 2.05) is 37.3 Å². The number of imidazole rings is 1. The van der Waals surface area contributed by atoms with Crippen LogP contribution in [-0.2, 0) is 20.0 Å². The maximum atomic E-state index is 10.5. The normalized spacial score (nSPS) is 12.5. The number of nitrogens with zero attached hydrogens (tertiary/aromatic N) is 2. The third-order valence-corrected chi connectivity index (χ3v) is 4.53. The lowest BCUT2D eigenvalue weighted by Gasteiger charge is -2.12. The van der Waals surface area contributed by atoms with Gasteiger partial charge in [-0.1, -0.05) is 31.2 Å². The first-order chi connectivity index (χ1) is 12.1. The van der Waals surface area contributed by atoms with Crippen molar-refractivity contribution >= 4 is 11.0 Å². The standard InChI is InChI=1S/C21H27N2O2/c1-4-8-21-22(3)19-11-5-6-12-20(19)23(21)14-17(24)15-25-18-10-7-9-16(2)13-18/h5-7,9-13,17,24H,4,8,14-15H2,1-3H3/q+1. The molecule has 132 valence electrons. The SMILES string of the molecule is CCCc1n(CC(O)COc2cccc(C)c2)c2ccccc2[n+]1C. The van der Waals surface area contributed by atoms with Crippen LogP contribution in [-0.4, -0.2) is 22.4 Å². The highest BCUT2D eigenvalue weighted by atomic mass is 16.5. The first-order valence-corrected chi connectivity index (χ1v) is 8.93. The molecule has 1 atom stereocenters. The third kappa shape index (κ3) is 3.85. The van der Waals surface area contributed by atoms with Gasteiger partial charge < -0.3 is 9.84 Å². The van der Waals surface area contributed by atoms with Crippen LogP contribution < -0.4 is 9.30 Å². The van der Waals surface area contributed by atoms with Gasteiger partial charge in [0.1, 0.15) is 25.0 Å². The number of aromatic nitrogens is 2. The second-order valence-corrected chi connectivity index (χ2v) is 6.61. The molecule has 0 bridgehead atoms. The van der Waals surface area contributed by atoms with Gasteiger partial charge in [0.2, 0.25) is 0 Å². The highest BCUT2D eigenvalue weighted by molar-refractivity contribution is 5.72. The van der Waals surface area contributed by atoms with Gasteiger partial charge in [0, 0.05) is 6.42 Å². The minimum absolute atomic E-state index is 0.283. The summed E-state index contributed by atoms with van der Waals surface area (Å²) in [6.07, 6.45) is 1.49. The van der Waals surface area contributed by atoms with Crippen molar-refractivity contribution in [3.05, 3.63) is 59.9 Å². The average Bonchev–Trinajstić information content (AvgIpc) is 2.87. The molecule has 0 aliphatic heterocycles. The van der Waals surface area contributed by atoms with Crippen LogP contribution in [0.4, 0.5) is 0 Å². The monoisotopic (exact) mass is 339 g/mol. The zero-order valence-electron chi connectivity index (χ0n) is 15.3. The molecule has 3 aromatic rings. The zero-order valence-corrected chi connectivity index (χ0v) is 15.3. The van der Waals surface area contributed by atoms with E-state index in [2.05, 4.69) is 41.3 Å². The van der Waals surface area contributed by atoms with Crippen LogP contribution >= 0.6 is 0 Å². The summed E-state index contributed by atoms with van der Waals surface area (Å²) in [4.78, 5) is 0. The Bertz CT molecular complexity index is 854. The quantitative estimate of drug-likeness (QED) is 0.672. The molecular weight excluding hydrogens is 312 g/mol. The van der Waals surface area contributed by atoms with Gasteiger partial charge in [-0.3, -0.25) is 0 Å². The minimum atomic E-state index is -0.563. The van der Waals surface area contributed by atoms with E-state index in [1.165, 1.54) is 11.3 Å². The van der Waals surface area contributed by atoms with Gasteiger partial charge in [-0.05, 0) is 43.2 Å². The molecule has 1 heterocycles. The van der Waals surface area contributed by atoms with Crippen molar-refractivity contribution < 1.29 is 14.4 Å². The average molecular weight is 339 g/mol. The van der Waals surface area contributed by atoms with Crippen molar-refractivity contribution in [1.29, 1.82) is 0 Å². The van der Waals surface area contributed by atoms with Crippen molar-refractivity contribution in [2.24, 2.45) is 7.05 Å². The van der Waals surface area contributed by atoms with Crippen molar-refractivity contribution in [3.63, 3.8) is 0 Å².